The Balaban J connectivity index is 1.32. The first-order chi connectivity index (χ1) is 26.5. The zero-order valence-electron chi connectivity index (χ0n) is 30.7. The zero-order valence-corrected chi connectivity index (χ0v) is 30.7. The van der Waals surface area contributed by atoms with Crippen molar-refractivity contribution < 1.29 is 0 Å². The fourth-order valence-corrected chi connectivity index (χ4v) is 10.0. The molecule has 2 aromatic heterocycles. The minimum atomic E-state index is -0.209. The quantitative estimate of drug-likeness (QED) is 0.172. The molecule has 54 heavy (non-hydrogen) atoms. The lowest BCUT2D eigenvalue weighted by Crippen LogP contribution is -2.28. The maximum atomic E-state index is 5.75. The van der Waals surface area contributed by atoms with Gasteiger partial charge in [-0.1, -0.05) is 160 Å². The van der Waals surface area contributed by atoms with Crippen LogP contribution >= 0.6 is 0 Å². The molecule has 0 radical (unpaired) electrons. The molecule has 0 saturated carbocycles. The highest BCUT2D eigenvalue weighted by atomic mass is 15.0. The van der Waals surface area contributed by atoms with Crippen molar-refractivity contribution in [2.45, 2.75) is 38.6 Å². The summed E-state index contributed by atoms with van der Waals surface area (Å²) < 4.78 is 2.49. The summed E-state index contributed by atoms with van der Waals surface area (Å²) in [6.07, 6.45) is 0.931. The van der Waals surface area contributed by atoms with Crippen LogP contribution in [0.2, 0.25) is 0 Å². The lowest BCUT2D eigenvalue weighted by atomic mass is 9.77. The second-order valence-electron chi connectivity index (χ2n) is 15.5. The van der Waals surface area contributed by atoms with Crippen LogP contribution in [-0.2, 0) is 5.41 Å². The van der Waals surface area contributed by atoms with Crippen LogP contribution in [0.15, 0.2) is 168 Å². The highest BCUT2D eigenvalue weighted by molar-refractivity contribution is 6.31. The Kier molecular flexibility index (Phi) is 6.70. The van der Waals surface area contributed by atoms with Gasteiger partial charge in [-0.15, -0.1) is 0 Å². The molecular weight excluding hydrogens is 655 g/mol. The smallest absolute Gasteiger partial charge is 0.156 e. The lowest BCUT2D eigenvalue weighted by molar-refractivity contribution is 0.532. The molecule has 3 heterocycles. The Hall–Kier alpha value is -6.32. The third-order valence-corrected chi connectivity index (χ3v) is 12.3. The van der Waals surface area contributed by atoms with Gasteiger partial charge in [-0.3, -0.25) is 4.99 Å². The molecule has 0 N–H and O–H groups in total. The van der Waals surface area contributed by atoms with Crippen LogP contribution in [0.4, 0.5) is 0 Å². The molecule has 0 saturated heterocycles. The molecule has 0 amide bonds. The van der Waals surface area contributed by atoms with E-state index in [0.29, 0.717) is 0 Å². The number of nitrogens with zero attached hydrogens (tertiary/aromatic N) is 3. The van der Waals surface area contributed by atoms with Gasteiger partial charge in [0.1, 0.15) is 0 Å². The lowest BCUT2D eigenvalue weighted by Gasteiger charge is -2.31. The number of fused-ring (bicyclic) bond motifs is 9. The summed E-state index contributed by atoms with van der Waals surface area (Å²) >= 11 is 0. The van der Waals surface area contributed by atoms with Crippen LogP contribution in [0.25, 0.3) is 60.3 Å². The SMILES string of the molecule is CCC1C(c2ccccc2)=NC(c2cc3c4ccccc4n4c5ccccc5c(c2-c2cccc5c2C(C)(C)c2ccccc2-5)c34)=NC1c1ccccc1. The summed E-state index contributed by atoms with van der Waals surface area (Å²) in [5.74, 6) is 0.936. The molecule has 1 aliphatic carbocycles. The van der Waals surface area contributed by atoms with Crippen LogP contribution in [0.1, 0.15) is 61.1 Å². The van der Waals surface area contributed by atoms with E-state index in [9.17, 15) is 0 Å². The summed E-state index contributed by atoms with van der Waals surface area (Å²) in [5.41, 5.74) is 15.9. The highest BCUT2D eigenvalue weighted by Crippen LogP contribution is 2.55. The monoisotopic (exact) mass is 693 g/mol. The number of para-hydroxylation sites is 2. The maximum Gasteiger partial charge on any atom is 0.156 e. The van der Waals surface area contributed by atoms with Crippen LogP contribution in [-0.4, -0.2) is 15.9 Å². The molecular formula is C51H39N3. The van der Waals surface area contributed by atoms with E-state index < -0.39 is 0 Å². The highest BCUT2D eigenvalue weighted by Gasteiger charge is 2.39. The van der Waals surface area contributed by atoms with Crippen molar-refractivity contribution in [2.24, 2.45) is 15.9 Å². The predicted octanol–water partition coefficient (Wildman–Crippen LogP) is 12.8. The number of hydrogen-bond donors (Lipinski definition) is 0. The van der Waals surface area contributed by atoms with E-state index in [4.69, 9.17) is 9.98 Å². The minimum absolute atomic E-state index is 0.0770. The second kappa shape index (κ2) is 11.6. The van der Waals surface area contributed by atoms with Crippen LogP contribution in [0, 0.1) is 5.92 Å². The number of hydrogen-bond acceptors (Lipinski definition) is 2. The first-order valence-electron chi connectivity index (χ1n) is 19.3. The van der Waals surface area contributed by atoms with Crippen molar-refractivity contribution in [3.63, 3.8) is 0 Å². The molecule has 9 aromatic rings. The van der Waals surface area contributed by atoms with Crippen molar-refractivity contribution in [3.8, 4) is 22.3 Å². The van der Waals surface area contributed by atoms with E-state index in [1.807, 2.05) is 0 Å². The van der Waals surface area contributed by atoms with Gasteiger partial charge in [-0.25, -0.2) is 4.99 Å². The van der Waals surface area contributed by atoms with Gasteiger partial charge in [0.05, 0.1) is 28.3 Å². The fourth-order valence-electron chi connectivity index (χ4n) is 10.0. The summed E-state index contributed by atoms with van der Waals surface area (Å²) in [5, 5.41) is 5.00. The van der Waals surface area contributed by atoms with Gasteiger partial charge >= 0.3 is 0 Å². The second-order valence-corrected chi connectivity index (χ2v) is 15.5. The van der Waals surface area contributed by atoms with Gasteiger partial charge in [-0.2, -0.15) is 0 Å². The Morgan fingerprint density at radius 2 is 1.22 bits per heavy atom. The standard InChI is InChI=1S/C51H39N3/c1-4-33-47(31-18-7-5-8-19-31)52-50(53-48(33)32-20-9-6-10-21-32)40-30-39-35-23-12-15-28-42(35)54-43-29-16-13-24-37(43)45(49(39)54)44(40)38-26-17-25-36-34-22-11-14-27-41(34)51(2,3)46(36)38/h5-30,33,47H,4H2,1-3H3. The molecule has 11 rings (SSSR count). The van der Waals surface area contributed by atoms with Crippen LogP contribution < -0.4 is 0 Å². The number of aromatic nitrogens is 1. The van der Waals surface area contributed by atoms with Crippen molar-refractivity contribution >= 4 is 49.6 Å². The third-order valence-electron chi connectivity index (χ3n) is 12.3. The van der Waals surface area contributed by atoms with E-state index in [1.54, 1.807) is 0 Å². The van der Waals surface area contributed by atoms with Gasteiger partial charge in [0.15, 0.2) is 5.84 Å². The summed E-state index contributed by atoms with van der Waals surface area (Å²) in [4.78, 5) is 11.4. The van der Waals surface area contributed by atoms with Crippen LogP contribution in [0.5, 0.6) is 0 Å². The Morgan fingerprint density at radius 1 is 0.593 bits per heavy atom. The van der Waals surface area contributed by atoms with Crippen molar-refractivity contribution in [2.75, 3.05) is 0 Å². The van der Waals surface area contributed by atoms with E-state index in [1.165, 1.54) is 77.0 Å². The maximum absolute atomic E-state index is 5.75. The minimum Gasteiger partial charge on any atom is -0.308 e. The van der Waals surface area contributed by atoms with Crippen molar-refractivity contribution in [1.82, 2.24) is 4.40 Å². The Labute approximate surface area is 315 Å². The Morgan fingerprint density at radius 3 is 2.00 bits per heavy atom. The molecule has 0 spiro atoms. The van der Waals surface area contributed by atoms with E-state index in [0.717, 1.165) is 29.1 Å². The predicted molar refractivity (Wildman–Crippen MR) is 227 cm³/mol. The Bertz CT molecular complexity index is 3000. The topological polar surface area (TPSA) is 29.1 Å². The third kappa shape index (κ3) is 4.24. The van der Waals surface area contributed by atoms with Crippen molar-refractivity contribution in [3.05, 3.63) is 186 Å². The molecule has 1 aliphatic heterocycles. The number of rotatable bonds is 5. The van der Waals surface area contributed by atoms with Gasteiger partial charge in [0.2, 0.25) is 0 Å². The molecule has 3 nitrogen and oxygen atoms in total. The van der Waals surface area contributed by atoms with Gasteiger partial charge < -0.3 is 4.40 Å². The van der Waals surface area contributed by atoms with E-state index in [2.05, 4.69) is 183 Å². The molecule has 7 aromatic carbocycles. The molecule has 0 bridgehead atoms. The molecule has 3 heteroatoms. The summed E-state index contributed by atoms with van der Waals surface area (Å²) in [6, 6.07) is 57.7. The van der Waals surface area contributed by atoms with E-state index >= 15 is 0 Å². The normalized spacial score (nSPS) is 17.6. The van der Waals surface area contributed by atoms with Crippen molar-refractivity contribution in [1.29, 1.82) is 0 Å². The first-order valence-corrected chi connectivity index (χ1v) is 19.3. The van der Waals surface area contributed by atoms with Gasteiger partial charge in [-0.05, 0) is 63.6 Å². The van der Waals surface area contributed by atoms with Gasteiger partial charge in [0.25, 0.3) is 0 Å². The number of aliphatic imine (C=N–C) groups is 2. The number of benzene rings is 7. The molecule has 2 unspecified atom stereocenters. The molecule has 0 fully saturated rings. The number of amidine groups is 1. The van der Waals surface area contributed by atoms with E-state index in [-0.39, 0.29) is 17.4 Å². The van der Waals surface area contributed by atoms with Gasteiger partial charge in [0, 0.05) is 44.0 Å². The largest absolute Gasteiger partial charge is 0.308 e. The summed E-state index contributed by atoms with van der Waals surface area (Å²) in [7, 11) is 0. The average molecular weight is 694 g/mol. The molecule has 2 atom stereocenters. The average Bonchev–Trinajstić information content (AvgIpc) is 3.83. The van der Waals surface area contributed by atoms with Crippen LogP contribution in [0.3, 0.4) is 0 Å². The zero-order chi connectivity index (χ0) is 36.1. The molecule has 258 valence electrons. The first kappa shape index (κ1) is 31.2. The summed E-state index contributed by atoms with van der Waals surface area (Å²) in [6.45, 7) is 7.06. The molecule has 2 aliphatic rings. The fraction of sp³-hybridized carbons (Fsp3) is 0.137.